The summed E-state index contributed by atoms with van der Waals surface area (Å²) in [6.07, 6.45) is 1.76. The molecule has 0 saturated carbocycles. The summed E-state index contributed by atoms with van der Waals surface area (Å²) in [5.74, 6) is 0.864. The van der Waals surface area contributed by atoms with Gasteiger partial charge in [0.25, 0.3) is 0 Å². The van der Waals surface area contributed by atoms with Gasteiger partial charge < -0.3 is 25.0 Å². The van der Waals surface area contributed by atoms with E-state index in [0.717, 1.165) is 77.8 Å². The molecule has 9 heteroatoms. The van der Waals surface area contributed by atoms with Crippen molar-refractivity contribution < 1.29 is 14.3 Å². The second-order valence-electron chi connectivity index (χ2n) is 7.70. The molecule has 0 aliphatic carbocycles. The van der Waals surface area contributed by atoms with Gasteiger partial charge in [-0.15, -0.1) is 24.0 Å². The Morgan fingerprint density at radius 1 is 1.11 bits per heavy atom. The maximum atomic E-state index is 12.1. The van der Waals surface area contributed by atoms with Crippen LogP contribution in [0.15, 0.2) is 4.99 Å². The van der Waals surface area contributed by atoms with E-state index >= 15 is 0 Å². The molecule has 0 radical (unpaired) electrons. The third-order valence-electron chi connectivity index (χ3n) is 4.09. The lowest BCUT2D eigenvalue weighted by atomic mass is 10.2. The van der Waals surface area contributed by atoms with Crippen molar-refractivity contribution in [2.75, 3.05) is 66.1 Å². The number of carbonyl (C=O) groups is 1. The van der Waals surface area contributed by atoms with Crippen molar-refractivity contribution in [1.29, 1.82) is 0 Å². The molecule has 0 spiro atoms. The van der Waals surface area contributed by atoms with Gasteiger partial charge in [0.2, 0.25) is 0 Å². The maximum absolute atomic E-state index is 12.1. The van der Waals surface area contributed by atoms with E-state index in [-0.39, 0.29) is 30.1 Å². The molecule has 28 heavy (non-hydrogen) atoms. The first kappa shape index (κ1) is 27.2. The van der Waals surface area contributed by atoms with Crippen LogP contribution < -0.4 is 10.6 Å². The monoisotopic (exact) mass is 513 g/mol. The highest BCUT2D eigenvalue weighted by atomic mass is 127. The predicted molar refractivity (Wildman–Crippen MR) is 125 cm³/mol. The number of ether oxygens (including phenoxy) is 2. The maximum Gasteiger partial charge on any atom is 0.410 e. The predicted octanol–water partition coefficient (Wildman–Crippen LogP) is 2.14. The van der Waals surface area contributed by atoms with Gasteiger partial charge in [-0.1, -0.05) is 0 Å². The Morgan fingerprint density at radius 3 is 2.36 bits per heavy atom. The number of nitrogens with zero attached hydrogens (tertiary/aromatic N) is 3. The molecule has 1 aliphatic heterocycles. The normalized spacial score (nSPS) is 15.8. The number of amides is 1. The first-order valence-electron chi connectivity index (χ1n) is 10.1. The number of hydrogen-bond acceptors (Lipinski definition) is 5. The molecule has 2 N–H and O–H groups in total. The lowest BCUT2D eigenvalue weighted by molar-refractivity contribution is 0.0145. The topological polar surface area (TPSA) is 78.4 Å². The Hall–Kier alpha value is -0.810. The lowest BCUT2D eigenvalue weighted by Crippen LogP contribution is -2.50. The molecule has 0 aromatic heterocycles. The smallest absolute Gasteiger partial charge is 0.410 e. The summed E-state index contributed by atoms with van der Waals surface area (Å²) in [6, 6.07) is 0. The molecule has 0 unspecified atom stereocenters. The van der Waals surface area contributed by atoms with Crippen molar-refractivity contribution in [2.24, 2.45) is 4.99 Å². The molecule has 0 aromatic carbocycles. The van der Waals surface area contributed by atoms with Crippen LogP contribution in [-0.2, 0) is 9.47 Å². The molecule has 1 rings (SSSR count). The van der Waals surface area contributed by atoms with Crippen LogP contribution in [0.2, 0.25) is 0 Å². The zero-order valence-corrected chi connectivity index (χ0v) is 20.6. The van der Waals surface area contributed by atoms with Crippen LogP contribution in [0.5, 0.6) is 0 Å². The number of hydrogen-bond donors (Lipinski definition) is 2. The molecule has 0 aromatic rings. The van der Waals surface area contributed by atoms with Crippen molar-refractivity contribution >= 4 is 36.0 Å². The van der Waals surface area contributed by atoms with E-state index in [9.17, 15) is 4.79 Å². The number of nitrogens with one attached hydrogen (secondary N) is 2. The molecule has 1 saturated heterocycles. The molecular formula is C19H40IN5O3. The highest BCUT2D eigenvalue weighted by molar-refractivity contribution is 14.0. The van der Waals surface area contributed by atoms with Crippen LogP contribution in [-0.4, -0.2) is 93.5 Å². The molecule has 1 aliphatic rings. The number of rotatable bonds is 9. The lowest BCUT2D eigenvalue weighted by Gasteiger charge is -2.35. The minimum atomic E-state index is -0.435. The third-order valence-corrected chi connectivity index (χ3v) is 4.09. The van der Waals surface area contributed by atoms with Gasteiger partial charge in [-0.2, -0.15) is 0 Å². The summed E-state index contributed by atoms with van der Waals surface area (Å²) in [6.45, 7) is 15.2. The van der Waals surface area contributed by atoms with Crippen molar-refractivity contribution in [1.82, 2.24) is 20.4 Å². The number of halogens is 1. The van der Waals surface area contributed by atoms with Gasteiger partial charge >= 0.3 is 6.09 Å². The Balaban J connectivity index is 0.00000729. The average Bonchev–Trinajstić information content (AvgIpc) is 2.61. The summed E-state index contributed by atoms with van der Waals surface area (Å²) in [5, 5.41) is 6.64. The molecule has 1 heterocycles. The highest BCUT2D eigenvalue weighted by Gasteiger charge is 2.25. The van der Waals surface area contributed by atoms with Crippen molar-refractivity contribution in [3.8, 4) is 0 Å². The van der Waals surface area contributed by atoms with Gasteiger partial charge in [0.15, 0.2) is 5.96 Å². The summed E-state index contributed by atoms with van der Waals surface area (Å²) >= 11 is 0. The molecule has 0 atom stereocenters. The van der Waals surface area contributed by atoms with Gasteiger partial charge in [0.1, 0.15) is 5.60 Å². The summed E-state index contributed by atoms with van der Waals surface area (Å²) in [7, 11) is 1.71. The van der Waals surface area contributed by atoms with Crippen molar-refractivity contribution in [3.63, 3.8) is 0 Å². The van der Waals surface area contributed by atoms with Crippen LogP contribution in [0.3, 0.4) is 0 Å². The van der Waals surface area contributed by atoms with Crippen LogP contribution >= 0.6 is 24.0 Å². The fraction of sp³-hybridized carbons (Fsp3) is 0.895. The summed E-state index contributed by atoms with van der Waals surface area (Å²) in [4.78, 5) is 20.8. The number of piperazine rings is 1. The standard InChI is InChI=1S/C19H39N5O3.HI/c1-6-20-17(22-10-8-16-26-5)21-9-7-11-23-12-14-24(15-13-23)18(25)27-19(2,3)4;/h6-16H2,1-5H3,(H2,20,21,22);1H. The van der Waals surface area contributed by atoms with E-state index < -0.39 is 5.60 Å². The van der Waals surface area contributed by atoms with E-state index in [1.165, 1.54) is 0 Å². The molecule has 1 amide bonds. The molecular weight excluding hydrogens is 473 g/mol. The Kier molecular flexibility index (Phi) is 14.6. The highest BCUT2D eigenvalue weighted by Crippen LogP contribution is 2.11. The number of aliphatic imine (C=N–C) groups is 1. The number of carbonyl (C=O) groups excluding carboxylic acids is 1. The summed E-state index contributed by atoms with van der Waals surface area (Å²) < 4.78 is 10.5. The first-order valence-corrected chi connectivity index (χ1v) is 10.1. The van der Waals surface area contributed by atoms with E-state index in [2.05, 4.69) is 27.4 Å². The first-order chi connectivity index (χ1) is 12.9. The van der Waals surface area contributed by atoms with Gasteiger partial charge in [-0.05, 0) is 47.1 Å². The van der Waals surface area contributed by atoms with Crippen LogP contribution in [0.4, 0.5) is 4.79 Å². The second kappa shape index (κ2) is 15.1. The second-order valence-corrected chi connectivity index (χ2v) is 7.70. The van der Waals surface area contributed by atoms with Crippen LogP contribution in [0, 0.1) is 0 Å². The molecule has 166 valence electrons. The summed E-state index contributed by atoms with van der Waals surface area (Å²) in [5.41, 5.74) is -0.435. The molecule has 8 nitrogen and oxygen atoms in total. The zero-order valence-electron chi connectivity index (χ0n) is 18.3. The Labute approximate surface area is 187 Å². The van der Waals surface area contributed by atoms with E-state index in [1.807, 2.05) is 20.8 Å². The fourth-order valence-corrected chi connectivity index (χ4v) is 2.73. The zero-order chi connectivity index (χ0) is 20.1. The van der Waals surface area contributed by atoms with E-state index in [0.29, 0.717) is 0 Å². The average molecular weight is 513 g/mol. The van der Waals surface area contributed by atoms with E-state index in [1.54, 1.807) is 12.0 Å². The van der Waals surface area contributed by atoms with Gasteiger partial charge in [0.05, 0.1) is 0 Å². The number of guanidine groups is 1. The Morgan fingerprint density at radius 2 is 1.79 bits per heavy atom. The van der Waals surface area contributed by atoms with Gasteiger partial charge in [0, 0.05) is 59.5 Å². The largest absolute Gasteiger partial charge is 0.444 e. The Bertz CT molecular complexity index is 449. The molecule has 0 bridgehead atoms. The minimum Gasteiger partial charge on any atom is -0.444 e. The van der Waals surface area contributed by atoms with Crippen molar-refractivity contribution in [3.05, 3.63) is 0 Å². The third kappa shape index (κ3) is 12.6. The molecule has 1 fully saturated rings. The van der Waals surface area contributed by atoms with Crippen LogP contribution in [0.1, 0.15) is 40.5 Å². The SMILES string of the molecule is CCNC(=NCCCOC)NCCCN1CCN(C(=O)OC(C)(C)C)CC1.I. The van der Waals surface area contributed by atoms with Crippen LogP contribution in [0.25, 0.3) is 0 Å². The quantitative estimate of drug-likeness (QED) is 0.213. The van der Waals surface area contributed by atoms with E-state index in [4.69, 9.17) is 9.47 Å². The minimum absolute atomic E-state index is 0. The van der Waals surface area contributed by atoms with Gasteiger partial charge in [-0.25, -0.2) is 4.79 Å². The van der Waals surface area contributed by atoms with Crippen molar-refractivity contribution in [2.45, 2.75) is 46.1 Å². The van der Waals surface area contributed by atoms with Gasteiger partial charge in [-0.3, -0.25) is 9.89 Å². The number of methoxy groups -OCH3 is 1. The fourth-order valence-electron chi connectivity index (χ4n) is 2.73.